The van der Waals surface area contributed by atoms with E-state index in [4.69, 9.17) is 10.6 Å². The van der Waals surface area contributed by atoms with E-state index in [9.17, 15) is 0 Å². The molecule has 3 N–H and O–H groups in total. The number of nitrogens with zero attached hydrogens (tertiary/aromatic N) is 3. The van der Waals surface area contributed by atoms with Crippen LogP contribution in [0.4, 0.5) is 0 Å². The van der Waals surface area contributed by atoms with Gasteiger partial charge >= 0.3 is 0 Å². The molecule has 0 saturated heterocycles. The van der Waals surface area contributed by atoms with Gasteiger partial charge in [0.15, 0.2) is 0 Å². The van der Waals surface area contributed by atoms with Crippen molar-refractivity contribution in [3.63, 3.8) is 0 Å². The Bertz CT molecular complexity index is 301. The topological polar surface area (TPSA) is 78.0 Å². The molecular weight excluding hydrogens is 206 g/mol. The molecule has 0 spiro atoms. The third-order valence-electron chi connectivity index (χ3n) is 2.69. The van der Waals surface area contributed by atoms with E-state index >= 15 is 0 Å². The van der Waals surface area contributed by atoms with E-state index in [1.165, 1.54) is 0 Å². The van der Waals surface area contributed by atoms with Gasteiger partial charge in [0.1, 0.15) is 12.2 Å². The summed E-state index contributed by atoms with van der Waals surface area (Å²) in [6, 6.07) is 0.0461. The first-order valence-electron chi connectivity index (χ1n) is 5.58. The average Bonchev–Trinajstić information content (AvgIpc) is 2.73. The molecule has 92 valence electrons. The van der Waals surface area contributed by atoms with E-state index in [2.05, 4.69) is 22.4 Å². The van der Waals surface area contributed by atoms with Gasteiger partial charge < -0.3 is 4.74 Å². The van der Waals surface area contributed by atoms with Crippen LogP contribution >= 0.6 is 0 Å². The van der Waals surface area contributed by atoms with Crippen LogP contribution in [0.1, 0.15) is 26.1 Å². The second-order valence-corrected chi connectivity index (χ2v) is 3.82. The fourth-order valence-corrected chi connectivity index (χ4v) is 1.57. The fraction of sp³-hybridized carbons (Fsp3) is 0.800. The van der Waals surface area contributed by atoms with Crippen molar-refractivity contribution in [1.29, 1.82) is 0 Å². The number of methoxy groups -OCH3 is 1. The summed E-state index contributed by atoms with van der Waals surface area (Å²) >= 11 is 0. The van der Waals surface area contributed by atoms with Crippen molar-refractivity contribution in [2.45, 2.75) is 45.4 Å². The van der Waals surface area contributed by atoms with Crippen molar-refractivity contribution in [3.05, 3.63) is 12.2 Å². The van der Waals surface area contributed by atoms with Crippen molar-refractivity contribution >= 4 is 0 Å². The highest BCUT2D eigenvalue weighted by Gasteiger charge is 2.18. The Hall–Kier alpha value is -0.980. The Balaban J connectivity index is 2.66. The van der Waals surface area contributed by atoms with Crippen LogP contribution in [0.25, 0.3) is 0 Å². The molecule has 16 heavy (non-hydrogen) atoms. The first kappa shape index (κ1) is 13.1. The van der Waals surface area contributed by atoms with Crippen LogP contribution < -0.4 is 11.3 Å². The van der Waals surface area contributed by atoms with Gasteiger partial charge in [0, 0.05) is 20.1 Å². The van der Waals surface area contributed by atoms with Crippen LogP contribution in [0, 0.1) is 0 Å². The number of hydrazine groups is 1. The van der Waals surface area contributed by atoms with Crippen LogP contribution in [0.2, 0.25) is 0 Å². The monoisotopic (exact) mass is 227 g/mol. The van der Waals surface area contributed by atoms with Crippen molar-refractivity contribution in [3.8, 4) is 0 Å². The van der Waals surface area contributed by atoms with Crippen molar-refractivity contribution in [2.24, 2.45) is 5.84 Å². The number of nitrogens with one attached hydrogen (secondary N) is 1. The molecule has 0 aliphatic carbocycles. The zero-order valence-corrected chi connectivity index (χ0v) is 10.2. The number of aryl methyl sites for hydroxylation is 1. The minimum Gasteiger partial charge on any atom is -0.380 e. The maximum absolute atomic E-state index is 5.50. The Morgan fingerprint density at radius 2 is 2.38 bits per heavy atom. The Labute approximate surface area is 96.2 Å². The number of ether oxygens (including phenoxy) is 1. The summed E-state index contributed by atoms with van der Waals surface area (Å²) < 4.78 is 7.16. The molecule has 1 heterocycles. The lowest BCUT2D eigenvalue weighted by Crippen LogP contribution is -2.45. The van der Waals surface area contributed by atoms with Gasteiger partial charge in [-0.15, -0.1) is 0 Å². The predicted octanol–water partition coefficient (Wildman–Crippen LogP) is 0.0974. The Kier molecular flexibility index (Phi) is 5.37. The summed E-state index contributed by atoms with van der Waals surface area (Å²) in [6.45, 7) is 4.97. The van der Waals surface area contributed by atoms with Crippen LogP contribution in [0.15, 0.2) is 6.33 Å². The summed E-state index contributed by atoms with van der Waals surface area (Å²) in [5.41, 5.74) is 2.75. The lowest BCUT2D eigenvalue weighted by Gasteiger charge is -2.21. The minimum absolute atomic E-state index is 0.0387. The minimum atomic E-state index is 0.0387. The first-order valence-corrected chi connectivity index (χ1v) is 5.58. The molecule has 0 aromatic carbocycles. The average molecular weight is 227 g/mol. The molecule has 1 aromatic rings. The molecule has 2 atom stereocenters. The SMILES string of the molecule is CCCn1ncnc1CC(NN)C(C)OC. The molecule has 1 rings (SSSR count). The highest BCUT2D eigenvalue weighted by Crippen LogP contribution is 2.05. The van der Waals surface area contributed by atoms with E-state index in [1.54, 1.807) is 13.4 Å². The van der Waals surface area contributed by atoms with Gasteiger partial charge in [-0.1, -0.05) is 6.92 Å². The maximum Gasteiger partial charge on any atom is 0.138 e. The van der Waals surface area contributed by atoms with Crippen LogP contribution in [0.3, 0.4) is 0 Å². The Morgan fingerprint density at radius 1 is 1.62 bits per heavy atom. The van der Waals surface area contributed by atoms with Gasteiger partial charge in [-0.05, 0) is 13.3 Å². The summed E-state index contributed by atoms with van der Waals surface area (Å²) in [7, 11) is 1.67. The second-order valence-electron chi connectivity index (χ2n) is 3.82. The molecule has 1 aromatic heterocycles. The van der Waals surface area contributed by atoms with Crippen molar-refractivity contribution < 1.29 is 4.74 Å². The standard InChI is InChI=1S/C10H21N5O/c1-4-5-15-10(12-7-13-15)6-9(14-11)8(2)16-3/h7-9,14H,4-6,11H2,1-3H3. The molecule has 6 heteroatoms. The van der Waals surface area contributed by atoms with E-state index in [1.807, 2.05) is 11.6 Å². The number of nitrogens with two attached hydrogens (primary N) is 1. The number of hydrogen-bond donors (Lipinski definition) is 2. The van der Waals surface area contributed by atoms with E-state index in [-0.39, 0.29) is 12.1 Å². The molecule has 0 saturated carbocycles. The molecule has 0 fully saturated rings. The quantitative estimate of drug-likeness (QED) is 0.510. The lowest BCUT2D eigenvalue weighted by atomic mass is 10.1. The van der Waals surface area contributed by atoms with Gasteiger partial charge in [0.05, 0.1) is 12.1 Å². The predicted molar refractivity (Wildman–Crippen MR) is 61.6 cm³/mol. The van der Waals surface area contributed by atoms with Gasteiger partial charge in [-0.2, -0.15) is 5.10 Å². The van der Waals surface area contributed by atoms with Gasteiger partial charge in [0.25, 0.3) is 0 Å². The lowest BCUT2D eigenvalue weighted by molar-refractivity contribution is 0.0820. The summed E-state index contributed by atoms with van der Waals surface area (Å²) in [4.78, 5) is 4.24. The van der Waals surface area contributed by atoms with Gasteiger partial charge in [-0.3, -0.25) is 16.0 Å². The van der Waals surface area contributed by atoms with Crippen molar-refractivity contribution in [1.82, 2.24) is 20.2 Å². The molecule has 0 aliphatic heterocycles. The first-order chi connectivity index (χ1) is 7.72. The number of hydrogen-bond acceptors (Lipinski definition) is 5. The molecule has 0 amide bonds. The molecule has 0 aliphatic rings. The summed E-state index contributed by atoms with van der Waals surface area (Å²) in [5, 5.41) is 4.17. The summed E-state index contributed by atoms with van der Waals surface area (Å²) in [6.07, 6.45) is 3.37. The van der Waals surface area contributed by atoms with E-state index < -0.39 is 0 Å². The van der Waals surface area contributed by atoms with Crippen LogP contribution in [-0.2, 0) is 17.7 Å². The fourth-order valence-electron chi connectivity index (χ4n) is 1.57. The third kappa shape index (κ3) is 3.26. The van der Waals surface area contributed by atoms with E-state index in [0.29, 0.717) is 6.42 Å². The van der Waals surface area contributed by atoms with Gasteiger partial charge in [0.2, 0.25) is 0 Å². The van der Waals surface area contributed by atoms with Gasteiger partial charge in [-0.25, -0.2) is 4.98 Å². The van der Waals surface area contributed by atoms with Crippen LogP contribution in [0.5, 0.6) is 0 Å². The zero-order chi connectivity index (χ0) is 12.0. The number of aromatic nitrogens is 3. The second kappa shape index (κ2) is 6.57. The van der Waals surface area contributed by atoms with Crippen LogP contribution in [-0.4, -0.2) is 34.0 Å². The van der Waals surface area contributed by atoms with E-state index in [0.717, 1.165) is 18.8 Å². The normalized spacial score (nSPS) is 15.0. The molecule has 2 unspecified atom stereocenters. The molecular formula is C10H21N5O. The smallest absolute Gasteiger partial charge is 0.138 e. The largest absolute Gasteiger partial charge is 0.380 e. The van der Waals surface area contributed by atoms with Crippen molar-refractivity contribution in [2.75, 3.05) is 7.11 Å². The molecule has 6 nitrogen and oxygen atoms in total. The molecule has 0 bridgehead atoms. The highest BCUT2D eigenvalue weighted by atomic mass is 16.5. The molecule has 0 radical (unpaired) electrons. The third-order valence-corrected chi connectivity index (χ3v) is 2.69. The highest BCUT2D eigenvalue weighted by molar-refractivity contribution is 4.91. The Morgan fingerprint density at radius 3 is 2.94 bits per heavy atom. The number of rotatable bonds is 7. The summed E-state index contributed by atoms with van der Waals surface area (Å²) in [5.74, 6) is 6.44. The maximum atomic E-state index is 5.50. The zero-order valence-electron chi connectivity index (χ0n) is 10.2.